The smallest absolute Gasteiger partial charge is 0.141 e. The van der Waals surface area contributed by atoms with E-state index >= 15 is 0 Å². The highest BCUT2D eigenvalue weighted by molar-refractivity contribution is 5.30. The third kappa shape index (κ3) is 4.30. The Morgan fingerprint density at radius 2 is 1.83 bits per heavy atom. The normalized spacial score (nSPS) is 12.8. The predicted octanol–water partition coefficient (Wildman–Crippen LogP) is 3.24. The van der Waals surface area contributed by atoms with Crippen LogP contribution in [0.1, 0.15) is 51.4 Å². The third-order valence-corrected chi connectivity index (χ3v) is 3.26. The fraction of sp³-hybridized carbons (Fsp3) is 0.667. The molecular formula is C15H26N2O. The maximum absolute atomic E-state index is 6.03. The molecule has 3 heteroatoms. The second-order valence-corrected chi connectivity index (χ2v) is 4.83. The lowest BCUT2D eigenvalue weighted by atomic mass is 10.1. The Kier molecular flexibility index (Phi) is 6.13. The van der Waals surface area contributed by atoms with Gasteiger partial charge in [-0.1, -0.05) is 20.8 Å². The number of aromatic nitrogens is 1. The van der Waals surface area contributed by atoms with E-state index < -0.39 is 0 Å². The maximum atomic E-state index is 6.03. The molecule has 0 fully saturated rings. The number of aryl methyl sites for hydroxylation is 1. The number of nitrogens with two attached hydrogens (primary N) is 1. The Hall–Kier alpha value is -1.09. The Labute approximate surface area is 111 Å². The first-order chi connectivity index (χ1) is 8.60. The standard InChI is InChI=1S/C15H26N2O/c1-5-12(16)10-14-15(9-8-11(4)17-14)18-13(6-2)7-3/h8-9,12-13H,5-7,10,16H2,1-4H3. The molecule has 0 amide bonds. The number of pyridine rings is 1. The Balaban J connectivity index is 2.88. The summed E-state index contributed by atoms with van der Waals surface area (Å²) in [5.74, 6) is 0.901. The van der Waals surface area contributed by atoms with Gasteiger partial charge in [0.15, 0.2) is 0 Å². The van der Waals surface area contributed by atoms with E-state index in [-0.39, 0.29) is 12.1 Å². The fourth-order valence-electron chi connectivity index (χ4n) is 1.88. The van der Waals surface area contributed by atoms with Crippen molar-refractivity contribution >= 4 is 0 Å². The molecule has 0 aliphatic carbocycles. The van der Waals surface area contributed by atoms with Gasteiger partial charge in [-0.25, -0.2) is 0 Å². The van der Waals surface area contributed by atoms with E-state index in [0.717, 1.165) is 42.8 Å². The quantitative estimate of drug-likeness (QED) is 0.808. The van der Waals surface area contributed by atoms with Crippen LogP contribution in [0.4, 0.5) is 0 Å². The van der Waals surface area contributed by atoms with Crippen LogP contribution in [0.2, 0.25) is 0 Å². The zero-order valence-corrected chi connectivity index (χ0v) is 12.1. The highest BCUT2D eigenvalue weighted by Gasteiger charge is 2.13. The molecule has 1 rings (SSSR count). The molecule has 0 saturated carbocycles. The molecule has 3 nitrogen and oxygen atoms in total. The second kappa shape index (κ2) is 7.37. The van der Waals surface area contributed by atoms with Crippen LogP contribution in [0.15, 0.2) is 12.1 Å². The maximum Gasteiger partial charge on any atom is 0.141 e. The van der Waals surface area contributed by atoms with Crippen molar-refractivity contribution in [3.05, 3.63) is 23.5 Å². The van der Waals surface area contributed by atoms with Gasteiger partial charge in [0.25, 0.3) is 0 Å². The summed E-state index contributed by atoms with van der Waals surface area (Å²) in [5, 5.41) is 0. The molecule has 1 unspecified atom stereocenters. The zero-order valence-electron chi connectivity index (χ0n) is 12.1. The van der Waals surface area contributed by atoms with Crippen molar-refractivity contribution in [1.82, 2.24) is 4.98 Å². The van der Waals surface area contributed by atoms with Gasteiger partial charge >= 0.3 is 0 Å². The summed E-state index contributed by atoms with van der Waals surface area (Å²) >= 11 is 0. The van der Waals surface area contributed by atoms with E-state index in [1.54, 1.807) is 0 Å². The van der Waals surface area contributed by atoms with Crippen molar-refractivity contribution in [2.75, 3.05) is 0 Å². The first kappa shape index (κ1) is 15.0. The first-order valence-corrected chi connectivity index (χ1v) is 6.99. The summed E-state index contributed by atoms with van der Waals surface area (Å²) in [6.07, 6.45) is 4.05. The van der Waals surface area contributed by atoms with E-state index in [4.69, 9.17) is 10.5 Å². The molecule has 102 valence electrons. The van der Waals surface area contributed by atoms with Crippen LogP contribution in [0.3, 0.4) is 0 Å². The summed E-state index contributed by atoms with van der Waals surface area (Å²) in [5.41, 5.74) is 8.04. The Morgan fingerprint density at radius 3 is 2.39 bits per heavy atom. The number of ether oxygens (including phenoxy) is 1. The largest absolute Gasteiger partial charge is 0.489 e. The highest BCUT2D eigenvalue weighted by Crippen LogP contribution is 2.21. The lowest BCUT2D eigenvalue weighted by Gasteiger charge is -2.19. The topological polar surface area (TPSA) is 48.1 Å². The molecule has 0 bridgehead atoms. The average molecular weight is 250 g/mol. The van der Waals surface area contributed by atoms with Gasteiger partial charge in [0.2, 0.25) is 0 Å². The van der Waals surface area contributed by atoms with Crippen molar-refractivity contribution in [1.29, 1.82) is 0 Å². The van der Waals surface area contributed by atoms with Crippen molar-refractivity contribution in [3.8, 4) is 5.75 Å². The van der Waals surface area contributed by atoms with Gasteiger partial charge in [-0.2, -0.15) is 0 Å². The molecule has 1 aromatic heterocycles. The fourth-order valence-corrected chi connectivity index (χ4v) is 1.88. The number of nitrogens with zero attached hydrogens (tertiary/aromatic N) is 1. The second-order valence-electron chi connectivity index (χ2n) is 4.83. The van der Waals surface area contributed by atoms with Gasteiger partial charge in [0.05, 0.1) is 11.8 Å². The van der Waals surface area contributed by atoms with Gasteiger partial charge < -0.3 is 10.5 Å². The van der Waals surface area contributed by atoms with Crippen molar-refractivity contribution in [3.63, 3.8) is 0 Å². The minimum Gasteiger partial charge on any atom is -0.489 e. The molecule has 1 heterocycles. The number of rotatable bonds is 7. The van der Waals surface area contributed by atoms with Gasteiger partial charge in [-0.05, 0) is 38.3 Å². The van der Waals surface area contributed by atoms with Crippen LogP contribution in [-0.2, 0) is 6.42 Å². The van der Waals surface area contributed by atoms with Crippen LogP contribution >= 0.6 is 0 Å². The first-order valence-electron chi connectivity index (χ1n) is 6.99. The molecule has 2 N–H and O–H groups in total. The van der Waals surface area contributed by atoms with E-state index in [9.17, 15) is 0 Å². The van der Waals surface area contributed by atoms with Crippen LogP contribution < -0.4 is 10.5 Å². The van der Waals surface area contributed by atoms with Gasteiger partial charge in [-0.3, -0.25) is 4.98 Å². The predicted molar refractivity (Wildman–Crippen MR) is 75.9 cm³/mol. The Morgan fingerprint density at radius 1 is 1.17 bits per heavy atom. The van der Waals surface area contributed by atoms with Crippen molar-refractivity contribution < 1.29 is 4.74 Å². The summed E-state index contributed by atoms with van der Waals surface area (Å²) in [4.78, 5) is 4.58. The minimum atomic E-state index is 0.156. The monoisotopic (exact) mass is 250 g/mol. The molecule has 0 spiro atoms. The molecule has 0 saturated heterocycles. The van der Waals surface area contributed by atoms with Gasteiger partial charge in [-0.15, -0.1) is 0 Å². The highest BCUT2D eigenvalue weighted by atomic mass is 16.5. The van der Waals surface area contributed by atoms with E-state index in [0.29, 0.717) is 0 Å². The third-order valence-electron chi connectivity index (χ3n) is 3.26. The zero-order chi connectivity index (χ0) is 13.5. The van der Waals surface area contributed by atoms with Crippen LogP contribution in [0, 0.1) is 6.92 Å². The Bertz CT molecular complexity index is 362. The van der Waals surface area contributed by atoms with Crippen molar-refractivity contribution in [2.45, 2.75) is 65.5 Å². The van der Waals surface area contributed by atoms with Gasteiger partial charge in [0.1, 0.15) is 5.75 Å². The van der Waals surface area contributed by atoms with Crippen LogP contribution in [0.25, 0.3) is 0 Å². The van der Waals surface area contributed by atoms with Crippen LogP contribution in [-0.4, -0.2) is 17.1 Å². The molecule has 18 heavy (non-hydrogen) atoms. The molecule has 0 radical (unpaired) electrons. The number of hydrogen-bond donors (Lipinski definition) is 1. The lowest BCUT2D eigenvalue weighted by Crippen LogP contribution is -2.23. The van der Waals surface area contributed by atoms with E-state index in [1.807, 2.05) is 19.1 Å². The van der Waals surface area contributed by atoms with Gasteiger partial charge in [0, 0.05) is 18.2 Å². The summed E-state index contributed by atoms with van der Waals surface area (Å²) in [6.45, 7) is 8.39. The van der Waals surface area contributed by atoms with E-state index in [2.05, 4.69) is 25.8 Å². The number of hydrogen-bond acceptors (Lipinski definition) is 3. The SMILES string of the molecule is CCC(N)Cc1nc(C)ccc1OC(CC)CC. The van der Waals surface area contributed by atoms with E-state index in [1.165, 1.54) is 0 Å². The molecular weight excluding hydrogens is 224 g/mol. The molecule has 0 aliphatic heterocycles. The molecule has 1 atom stereocenters. The average Bonchev–Trinajstić information content (AvgIpc) is 2.38. The minimum absolute atomic E-state index is 0.156. The molecule has 0 aliphatic rings. The summed E-state index contributed by atoms with van der Waals surface area (Å²) < 4.78 is 6.03. The molecule has 0 aromatic carbocycles. The summed E-state index contributed by atoms with van der Waals surface area (Å²) in [7, 11) is 0. The summed E-state index contributed by atoms with van der Waals surface area (Å²) in [6, 6.07) is 4.18. The lowest BCUT2D eigenvalue weighted by molar-refractivity contribution is 0.189. The van der Waals surface area contributed by atoms with Crippen LogP contribution in [0.5, 0.6) is 5.75 Å². The molecule has 1 aromatic rings. The van der Waals surface area contributed by atoms with Crippen molar-refractivity contribution in [2.24, 2.45) is 5.73 Å².